The van der Waals surface area contributed by atoms with Crippen molar-refractivity contribution in [3.63, 3.8) is 0 Å². The number of nitrogens with zero attached hydrogens (tertiary/aromatic N) is 2. The van der Waals surface area contributed by atoms with Crippen LogP contribution in [0.15, 0.2) is 0 Å². The Bertz CT molecular complexity index is 513. The monoisotopic (exact) mass is 310 g/mol. The molecule has 1 aromatic heterocycles. The number of aliphatic hydroxyl groups excluding tert-OH is 1. The van der Waals surface area contributed by atoms with Gasteiger partial charge in [0, 0.05) is 25.2 Å². The van der Waals surface area contributed by atoms with Gasteiger partial charge in [-0.05, 0) is 38.5 Å². The van der Waals surface area contributed by atoms with Gasteiger partial charge in [0.25, 0.3) is 5.91 Å². The Labute approximate surface area is 128 Å². The van der Waals surface area contributed by atoms with E-state index in [2.05, 4.69) is 10.3 Å². The summed E-state index contributed by atoms with van der Waals surface area (Å²) in [6.07, 6.45) is 6.04. The van der Waals surface area contributed by atoms with Crippen LogP contribution in [-0.4, -0.2) is 46.1 Å². The molecule has 0 radical (unpaired) electrons. The second kappa shape index (κ2) is 6.19. The van der Waals surface area contributed by atoms with Crippen molar-refractivity contribution in [3.8, 4) is 0 Å². The van der Waals surface area contributed by atoms with Crippen LogP contribution < -0.4 is 11.1 Å². The highest BCUT2D eigenvalue weighted by atomic mass is 32.1. The number of carbonyl (C=O) groups is 1. The molecule has 116 valence electrons. The Morgan fingerprint density at radius 3 is 2.95 bits per heavy atom. The van der Waals surface area contributed by atoms with Crippen LogP contribution in [0.3, 0.4) is 0 Å². The van der Waals surface area contributed by atoms with E-state index in [0.29, 0.717) is 23.2 Å². The first-order valence-electron chi connectivity index (χ1n) is 7.63. The van der Waals surface area contributed by atoms with Gasteiger partial charge in [-0.25, -0.2) is 4.98 Å². The number of rotatable bonds is 5. The summed E-state index contributed by atoms with van der Waals surface area (Å²) in [5.41, 5.74) is 5.93. The van der Waals surface area contributed by atoms with Gasteiger partial charge in [-0.2, -0.15) is 0 Å². The summed E-state index contributed by atoms with van der Waals surface area (Å²) in [6, 6.07) is 0.619. The average Bonchev–Trinajstić information content (AvgIpc) is 3.21. The van der Waals surface area contributed by atoms with Crippen molar-refractivity contribution < 1.29 is 9.90 Å². The van der Waals surface area contributed by atoms with E-state index in [0.717, 1.165) is 43.8 Å². The van der Waals surface area contributed by atoms with E-state index >= 15 is 0 Å². The molecule has 0 bridgehead atoms. The van der Waals surface area contributed by atoms with E-state index in [4.69, 9.17) is 5.73 Å². The fourth-order valence-electron chi connectivity index (χ4n) is 2.80. The third-order valence-electron chi connectivity index (χ3n) is 4.10. The number of piperidine rings is 1. The van der Waals surface area contributed by atoms with Crippen LogP contribution in [0, 0.1) is 0 Å². The summed E-state index contributed by atoms with van der Waals surface area (Å²) in [5.74, 6) is 0.286. The molecule has 7 heteroatoms. The predicted octanol–water partition coefficient (Wildman–Crippen LogP) is 1.68. The lowest BCUT2D eigenvalue weighted by Crippen LogP contribution is -2.44. The van der Waals surface area contributed by atoms with Crippen LogP contribution in [-0.2, 0) is 0 Å². The highest BCUT2D eigenvalue weighted by Gasteiger charge is 2.30. The number of thiazole rings is 1. The maximum absolute atomic E-state index is 12.7. The van der Waals surface area contributed by atoms with Crippen molar-refractivity contribution >= 4 is 28.2 Å². The van der Waals surface area contributed by atoms with Crippen LogP contribution >= 0.6 is 11.3 Å². The van der Waals surface area contributed by atoms with E-state index in [9.17, 15) is 9.90 Å². The average molecular weight is 310 g/mol. The number of nitrogens with one attached hydrogen (secondary N) is 1. The minimum atomic E-state index is -0.0352. The number of nitrogen functional groups attached to an aromatic ring is 1. The largest absolute Gasteiger partial charge is 0.396 e. The molecule has 1 unspecified atom stereocenters. The zero-order valence-electron chi connectivity index (χ0n) is 12.0. The molecule has 21 heavy (non-hydrogen) atoms. The molecule has 3 rings (SSSR count). The van der Waals surface area contributed by atoms with Crippen LogP contribution in [0.5, 0.6) is 0 Å². The molecule has 1 amide bonds. The molecule has 1 aliphatic carbocycles. The Morgan fingerprint density at radius 1 is 1.43 bits per heavy atom. The Morgan fingerprint density at radius 2 is 2.24 bits per heavy atom. The molecule has 1 saturated carbocycles. The van der Waals surface area contributed by atoms with Crippen molar-refractivity contribution in [2.45, 2.75) is 50.6 Å². The number of nitrogens with two attached hydrogens (primary N) is 1. The first-order chi connectivity index (χ1) is 10.2. The lowest BCUT2D eigenvalue weighted by atomic mass is 9.99. The maximum atomic E-state index is 12.7. The van der Waals surface area contributed by atoms with Crippen molar-refractivity contribution in [2.75, 3.05) is 24.2 Å². The van der Waals surface area contributed by atoms with Crippen molar-refractivity contribution in [1.29, 1.82) is 0 Å². The molecular formula is C14H22N4O2S. The van der Waals surface area contributed by atoms with E-state index in [1.165, 1.54) is 11.3 Å². The zero-order valence-corrected chi connectivity index (χ0v) is 12.9. The van der Waals surface area contributed by atoms with Gasteiger partial charge in [-0.15, -0.1) is 0 Å². The Balaban J connectivity index is 1.74. The molecule has 1 aliphatic heterocycles. The second-order valence-corrected chi connectivity index (χ2v) is 6.81. The number of aromatic nitrogens is 1. The van der Waals surface area contributed by atoms with Crippen LogP contribution in [0.4, 0.5) is 10.9 Å². The molecule has 4 N–H and O–H groups in total. The SMILES string of the molecule is Nc1nc(NC2CC2)sc1C(=O)N1CCCCC1CCO. The van der Waals surface area contributed by atoms with Crippen LogP contribution in [0.2, 0.25) is 0 Å². The van der Waals surface area contributed by atoms with Crippen LogP contribution in [0.1, 0.15) is 48.2 Å². The molecule has 1 saturated heterocycles. The third-order valence-corrected chi connectivity index (χ3v) is 5.09. The maximum Gasteiger partial charge on any atom is 0.268 e. The molecule has 1 atom stereocenters. The summed E-state index contributed by atoms with van der Waals surface area (Å²) in [5, 5.41) is 13.2. The van der Waals surface area contributed by atoms with Gasteiger partial charge in [-0.3, -0.25) is 4.79 Å². The lowest BCUT2D eigenvalue weighted by molar-refractivity contribution is 0.0580. The highest BCUT2D eigenvalue weighted by Crippen LogP contribution is 2.32. The molecular weight excluding hydrogens is 288 g/mol. The predicted molar refractivity (Wildman–Crippen MR) is 83.5 cm³/mol. The summed E-state index contributed by atoms with van der Waals surface area (Å²) in [6.45, 7) is 0.854. The second-order valence-electron chi connectivity index (χ2n) is 5.81. The van der Waals surface area contributed by atoms with Gasteiger partial charge >= 0.3 is 0 Å². The van der Waals surface area contributed by atoms with Crippen molar-refractivity contribution in [1.82, 2.24) is 9.88 Å². The molecule has 6 nitrogen and oxygen atoms in total. The Kier molecular flexibility index (Phi) is 4.30. The number of hydrogen-bond donors (Lipinski definition) is 3. The van der Waals surface area contributed by atoms with Gasteiger partial charge in [0.1, 0.15) is 10.7 Å². The number of hydrogen-bond acceptors (Lipinski definition) is 6. The number of aliphatic hydroxyl groups is 1. The van der Waals surface area contributed by atoms with Gasteiger partial charge < -0.3 is 21.1 Å². The summed E-state index contributed by atoms with van der Waals surface area (Å²) >= 11 is 1.35. The van der Waals surface area contributed by atoms with E-state index in [-0.39, 0.29) is 18.6 Å². The molecule has 2 fully saturated rings. The number of anilines is 2. The first kappa shape index (κ1) is 14.6. The molecule has 0 spiro atoms. The Hall–Kier alpha value is -1.34. The van der Waals surface area contributed by atoms with E-state index in [1.807, 2.05) is 4.90 Å². The van der Waals surface area contributed by atoms with Crippen LogP contribution in [0.25, 0.3) is 0 Å². The van der Waals surface area contributed by atoms with Gasteiger partial charge in [0.05, 0.1) is 0 Å². The summed E-state index contributed by atoms with van der Waals surface area (Å²) < 4.78 is 0. The summed E-state index contributed by atoms with van der Waals surface area (Å²) in [7, 11) is 0. The van der Waals surface area contributed by atoms with E-state index in [1.54, 1.807) is 0 Å². The fraction of sp³-hybridized carbons (Fsp3) is 0.714. The molecule has 2 aliphatic rings. The van der Waals surface area contributed by atoms with E-state index < -0.39 is 0 Å². The minimum absolute atomic E-state index is 0.0352. The third kappa shape index (κ3) is 3.29. The minimum Gasteiger partial charge on any atom is -0.396 e. The number of carbonyl (C=O) groups excluding carboxylic acids is 1. The van der Waals surface area contributed by atoms with Crippen molar-refractivity contribution in [3.05, 3.63) is 4.88 Å². The molecule has 1 aromatic rings. The molecule has 2 heterocycles. The molecule has 0 aromatic carbocycles. The topological polar surface area (TPSA) is 91.5 Å². The van der Waals surface area contributed by atoms with Gasteiger partial charge in [-0.1, -0.05) is 11.3 Å². The van der Waals surface area contributed by atoms with Crippen molar-refractivity contribution in [2.24, 2.45) is 0 Å². The normalized spacial score (nSPS) is 22.3. The highest BCUT2D eigenvalue weighted by molar-refractivity contribution is 7.18. The number of likely N-dealkylation sites (tertiary alicyclic amines) is 1. The zero-order chi connectivity index (χ0) is 14.8. The van der Waals surface area contributed by atoms with Gasteiger partial charge in [0.2, 0.25) is 0 Å². The smallest absolute Gasteiger partial charge is 0.268 e. The van der Waals surface area contributed by atoms with Gasteiger partial charge in [0.15, 0.2) is 5.13 Å². The standard InChI is InChI=1S/C14H22N4O2S/c15-12-11(21-14(17-12)16-9-4-5-9)13(20)18-7-2-1-3-10(18)6-8-19/h9-10,19H,1-8,15H2,(H,16,17). The quantitative estimate of drug-likeness (QED) is 0.769. The lowest BCUT2D eigenvalue weighted by Gasteiger charge is -2.35. The number of amides is 1. The fourth-order valence-corrected chi connectivity index (χ4v) is 3.71. The summed E-state index contributed by atoms with van der Waals surface area (Å²) in [4.78, 5) is 19.4. The first-order valence-corrected chi connectivity index (χ1v) is 8.45.